The molecule has 0 aromatic heterocycles. The summed E-state index contributed by atoms with van der Waals surface area (Å²) in [6, 6.07) is 0. The molecule has 2 unspecified atom stereocenters. The van der Waals surface area contributed by atoms with E-state index < -0.39 is 0 Å². The second kappa shape index (κ2) is 6.93. The average Bonchev–Trinajstić information content (AvgIpc) is 2.22. The third kappa shape index (κ3) is 6.14. The van der Waals surface area contributed by atoms with Crippen LogP contribution in [0.25, 0.3) is 0 Å². The third-order valence-electron chi connectivity index (χ3n) is 3.71. The van der Waals surface area contributed by atoms with Gasteiger partial charge < -0.3 is 4.74 Å². The van der Waals surface area contributed by atoms with Crippen molar-refractivity contribution in [2.24, 2.45) is 17.3 Å². The molecular formula is C14H28O2. The zero-order chi connectivity index (χ0) is 12.8. The van der Waals surface area contributed by atoms with Crippen molar-refractivity contribution in [1.29, 1.82) is 0 Å². The molecule has 16 heavy (non-hydrogen) atoms. The first-order chi connectivity index (χ1) is 7.32. The van der Waals surface area contributed by atoms with Gasteiger partial charge in [0, 0.05) is 6.92 Å². The van der Waals surface area contributed by atoms with Crippen molar-refractivity contribution in [3.05, 3.63) is 0 Å². The Labute approximate surface area is 101 Å². The summed E-state index contributed by atoms with van der Waals surface area (Å²) < 4.78 is 4.11. The summed E-state index contributed by atoms with van der Waals surface area (Å²) in [5.74, 6) is 1.73. The van der Waals surface area contributed by atoms with Crippen molar-refractivity contribution in [3.8, 4) is 0 Å². The van der Waals surface area contributed by atoms with Crippen molar-refractivity contribution in [2.45, 2.75) is 60.3 Å². The summed E-state index contributed by atoms with van der Waals surface area (Å²) in [5, 5.41) is 0. The molecule has 0 aliphatic heterocycles. The molecule has 0 aromatic carbocycles. The fraction of sp³-hybridized carbons (Fsp3) is 0.929. The molecule has 2 nitrogen and oxygen atoms in total. The molecule has 96 valence electrons. The maximum Gasteiger partial charge on any atom is 0.302 e. The lowest BCUT2D eigenvalue weighted by atomic mass is 9.67. The molecule has 0 radical (unpaired) electrons. The maximum absolute atomic E-state index is 9.59. The van der Waals surface area contributed by atoms with E-state index in [1.165, 1.54) is 39.7 Å². The van der Waals surface area contributed by atoms with Crippen molar-refractivity contribution >= 4 is 5.97 Å². The van der Waals surface area contributed by atoms with Gasteiger partial charge in [-0.2, -0.15) is 0 Å². The Morgan fingerprint density at radius 3 is 2.25 bits per heavy atom. The average molecular weight is 228 g/mol. The molecule has 0 heterocycles. The molecule has 1 fully saturated rings. The number of ether oxygens (including phenoxy) is 1. The zero-order valence-electron chi connectivity index (χ0n) is 11.8. The second-order valence-corrected chi connectivity index (χ2v) is 5.75. The number of methoxy groups -OCH3 is 1. The van der Waals surface area contributed by atoms with Gasteiger partial charge in [-0.25, -0.2) is 0 Å². The lowest BCUT2D eigenvalue weighted by Gasteiger charge is -2.39. The highest BCUT2D eigenvalue weighted by Gasteiger charge is 2.31. The summed E-state index contributed by atoms with van der Waals surface area (Å²) in [7, 11) is 1.35. The molecule has 2 heteroatoms. The minimum absolute atomic E-state index is 0.245. The minimum Gasteiger partial charge on any atom is -0.469 e. The van der Waals surface area contributed by atoms with Gasteiger partial charge in [-0.15, -0.1) is 0 Å². The van der Waals surface area contributed by atoms with Gasteiger partial charge in [0.25, 0.3) is 0 Å². The van der Waals surface area contributed by atoms with Gasteiger partial charge in [0.15, 0.2) is 0 Å². The number of hydrogen-bond acceptors (Lipinski definition) is 2. The largest absolute Gasteiger partial charge is 0.469 e. The molecule has 1 aliphatic carbocycles. The van der Waals surface area contributed by atoms with E-state index in [2.05, 4.69) is 32.4 Å². The van der Waals surface area contributed by atoms with Gasteiger partial charge in [-0.05, 0) is 36.5 Å². The smallest absolute Gasteiger partial charge is 0.302 e. The molecule has 0 amide bonds. The van der Waals surface area contributed by atoms with E-state index >= 15 is 0 Å². The number of esters is 1. The Bertz CT molecular complexity index is 209. The van der Waals surface area contributed by atoms with Crippen LogP contribution in [0, 0.1) is 17.3 Å². The van der Waals surface area contributed by atoms with Crippen molar-refractivity contribution in [2.75, 3.05) is 7.11 Å². The predicted octanol–water partition coefficient (Wildman–Crippen LogP) is 4.04. The Morgan fingerprint density at radius 1 is 1.44 bits per heavy atom. The van der Waals surface area contributed by atoms with Crippen LogP contribution in [0.3, 0.4) is 0 Å². The maximum atomic E-state index is 9.59. The van der Waals surface area contributed by atoms with Crippen LogP contribution in [-0.4, -0.2) is 13.1 Å². The van der Waals surface area contributed by atoms with Gasteiger partial charge in [-0.1, -0.05) is 34.1 Å². The highest BCUT2D eigenvalue weighted by molar-refractivity contribution is 5.65. The van der Waals surface area contributed by atoms with Gasteiger partial charge in [-0.3, -0.25) is 4.79 Å². The van der Waals surface area contributed by atoms with E-state index in [0.717, 1.165) is 11.8 Å². The van der Waals surface area contributed by atoms with Crippen LogP contribution >= 0.6 is 0 Å². The van der Waals surface area contributed by atoms with E-state index in [1.54, 1.807) is 0 Å². The Morgan fingerprint density at radius 2 is 1.94 bits per heavy atom. The Hall–Kier alpha value is -0.530. The highest BCUT2D eigenvalue weighted by Crippen LogP contribution is 2.42. The standard InChI is InChI=1S/C11H22.C3H6O2/c1-5-10-8-11(3,4)7-6-9(10)2;1-3(4)5-2/h9-10H,5-8H2,1-4H3;1-2H3. The van der Waals surface area contributed by atoms with E-state index in [0.29, 0.717) is 5.41 Å². The van der Waals surface area contributed by atoms with E-state index in [1.807, 2.05) is 0 Å². The van der Waals surface area contributed by atoms with Crippen LogP contribution in [0.15, 0.2) is 0 Å². The van der Waals surface area contributed by atoms with Crippen LogP contribution in [0.1, 0.15) is 60.3 Å². The fourth-order valence-corrected chi connectivity index (χ4v) is 2.41. The van der Waals surface area contributed by atoms with Crippen molar-refractivity contribution in [3.63, 3.8) is 0 Å². The number of carbonyl (C=O) groups excluding carboxylic acids is 1. The van der Waals surface area contributed by atoms with Crippen molar-refractivity contribution in [1.82, 2.24) is 0 Å². The van der Waals surface area contributed by atoms with Gasteiger partial charge in [0.05, 0.1) is 7.11 Å². The summed E-state index contributed by atoms with van der Waals surface area (Å²) in [5.41, 5.74) is 0.632. The molecule has 0 aromatic rings. The van der Waals surface area contributed by atoms with E-state index in [-0.39, 0.29) is 5.97 Å². The normalized spacial score (nSPS) is 27.6. The molecule has 0 spiro atoms. The predicted molar refractivity (Wildman–Crippen MR) is 68.3 cm³/mol. The van der Waals surface area contributed by atoms with Crippen LogP contribution in [0.5, 0.6) is 0 Å². The monoisotopic (exact) mass is 228 g/mol. The third-order valence-corrected chi connectivity index (χ3v) is 3.71. The summed E-state index contributed by atoms with van der Waals surface area (Å²) in [6.45, 7) is 11.0. The van der Waals surface area contributed by atoms with Crippen LogP contribution in [0.4, 0.5) is 0 Å². The Balaban J connectivity index is 0.000000385. The minimum atomic E-state index is -0.245. The van der Waals surface area contributed by atoms with Crippen LogP contribution < -0.4 is 0 Å². The summed E-state index contributed by atoms with van der Waals surface area (Å²) in [6.07, 6.45) is 5.71. The summed E-state index contributed by atoms with van der Waals surface area (Å²) >= 11 is 0. The quantitative estimate of drug-likeness (QED) is 0.633. The van der Waals surface area contributed by atoms with Gasteiger partial charge in [0.2, 0.25) is 0 Å². The first kappa shape index (κ1) is 15.5. The molecule has 0 N–H and O–H groups in total. The lowest BCUT2D eigenvalue weighted by molar-refractivity contribution is -0.137. The van der Waals surface area contributed by atoms with Crippen molar-refractivity contribution < 1.29 is 9.53 Å². The van der Waals surface area contributed by atoms with Gasteiger partial charge >= 0.3 is 5.97 Å². The highest BCUT2D eigenvalue weighted by atomic mass is 16.5. The first-order valence-electron chi connectivity index (χ1n) is 6.37. The molecule has 2 atom stereocenters. The van der Waals surface area contributed by atoms with Gasteiger partial charge in [0.1, 0.15) is 0 Å². The number of carbonyl (C=O) groups is 1. The molecule has 0 bridgehead atoms. The number of hydrogen-bond donors (Lipinski definition) is 0. The number of rotatable bonds is 1. The molecular weight excluding hydrogens is 200 g/mol. The molecule has 1 rings (SSSR count). The molecule has 0 saturated heterocycles. The van der Waals surface area contributed by atoms with Crippen LogP contribution in [-0.2, 0) is 9.53 Å². The lowest BCUT2D eigenvalue weighted by Crippen LogP contribution is -2.27. The molecule has 1 saturated carbocycles. The van der Waals surface area contributed by atoms with E-state index in [4.69, 9.17) is 0 Å². The topological polar surface area (TPSA) is 26.3 Å². The summed E-state index contributed by atoms with van der Waals surface area (Å²) in [4.78, 5) is 9.59. The fourth-order valence-electron chi connectivity index (χ4n) is 2.41. The molecule has 1 aliphatic rings. The zero-order valence-corrected chi connectivity index (χ0v) is 11.8. The second-order valence-electron chi connectivity index (χ2n) is 5.75. The van der Waals surface area contributed by atoms with Crippen LogP contribution in [0.2, 0.25) is 0 Å². The Kier molecular flexibility index (Phi) is 6.70. The van der Waals surface area contributed by atoms with E-state index in [9.17, 15) is 4.79 Å². The first-order valence-corrected chi connectivity index (χ1v) is 6.37. The SMILES string of the molecule is CCC1CC(C)(C)CCC1C.COC(C)=O.